The van der Waals surface area contributed by atoms with Crippen LogP contribution in [0.4, 0.5) is 0 Å². The Kier molecular flexibility index (Phi) is 5.59. The van der Waals surface area contributed by atoms with Crippen molar-refractivity contribution in [1.82, 2.24) is 9.80 Å². The molecule has 1 atom stereocenters. The third kappa shape index (κ3) is 4.23. The largest absolute Gasteiger partial charge is 0.497 e. The molecule has 1 unspecified atom stereocenters. The van der Waals surface area contributed by atoms with Crippen molar-refractivity contribution in [2.24, 2.45) is 5.92 Å². The number of hydrogen-bond donors (Lipinski definition) is 0. The van der Waals surface area contributed by atoms with Crippen LogP contribution >= 0.6 is 0 Å². The molecule has 2 fully saturated rings. The molecule has 1 aliphatic carbocycles. The van der Waals surface area contributed by atoms with Crippen LogP contribution in [0.15, 0.2) is 24.3 Å². The van der Waals surface area contributed by atoms with Crippen molar-refractivity contribution in [1.29, 1.82) is 0 Å². The molecular formula is C20H26N2O4. The molecule has 0 spiro atoms. The van der Waals surface area contributed by atoms with Crippen LogP contribution in [-0.4, -0.2) is 47.2 Å². The average Bonchev–Trinajstić information content (AvgIpc) is 3.44. The summed E-state index contributed by atoms with van der Waals surface area (Å²) in [6, 6.07) is 7.87. The van der Waals surface area contributed by atoms with Crippen molar-refractivity contribution in [2.45, 2.75) is 51.6 Å². The van der Waals surface area contributed by atoms with Gasteiger partial charge in [-0.1, -0.05) is 12.1 Å². The lowest BCUT2D eigenvalue weighted by molar-refractivity contribution is -0.140. The summed E-state index contributed by atoms with van der Waals surface area (Å²) in [6.45, 7) is 2.81. The molecule has 1 saturated carbocycles. The summed E-state index contributed by atoms with van der Waals surface area (Å²) in [4.78, 5) is 39.5. The Morgan fingerprint density at radius 1 is 1.19 bits per heavy atom. The van der Waals surface area contributed by atoms with Gasteiger partial charge in [0.15, 0.2) is 0 Å². The van der Waals surface area contributed by atoms with Crippen molar-refractivity contribution >= 4 is 17.7 Å². The van der Waals surface area contributed by atoms with Crippen LogP contribution in [0.1, 0.15) is 44.6 Å². The highest BCUT2D eigenvalue weighted by atomic mass is 16.5. The fraction of sp³-hybridized carbons (Fsp3) is 0.550. The highest BCUT2D eigenvalue weighted by Crippen LogP contribution is 2.36. The molecule has 26 heavy (non-hydrogen) atoms. The van der Waals surface area contributed by atoms with Gasteiger partial charge in [0.2, 0.25) is 17.7 Å². The molecule has 0 N–H and O–H groups in total. The Morgan fingerprint density at radius 2 is 1.81 bits per heavy atom. The van der Waals surface area contributed by atoms with Gasteiger partial charge in [-0.15, -0.1) is 0 Å². The van der Waals surface area contributed by atoms with Gasteiger partial charge in [-0.25, -0.2) is 0 Å². The minimum Gasteiger partial charge on any atom is -0.497 e. The molecule has 6 nitrogen and oxygen atoms in total. The van der Waals surface area contributed by atoms with Crippen LogP contribution in [-0.2, 0) is 20.9 Å². The molecule has 1 aliphatic heterocycles. The highest BCUT2D eigenvalue weighted by molar-refractivity contribution is 6.02. The number of imide groups is 1. The topological polar surface area (TPSA) is 66.9 Å². The molecule has 2 aliphatic rings. The van der Waals surface area contributed by atoms with Crippen LogP contribution in [0, 0.1) is 5.92 Å². The molecule has 140 valence electrons. The lowest BCUT2D eigenvalue weighted by Crippen LogP contribution is -2.41. The normalized spacial score (nSPS) is 18.2. The Bertz CT molecular complexity index is 666. The maximum atomic E-state index is 12.9. The van der Waals surface area contributed by atoms with Crippen LogP contribution in [0.2, 0.25) is 0 Å². The first-order valence-electron chi connectivity index (χ1n) is 9.25. The zero-order valence-electron chi connectivity index (χ0n) is 15.4. The van der Waals surface area contributed by atoms with E-state index in [-0.39, 0.29) is 49.6 Å². The summed E-state index contributed by atoms with van der Waals surface area (Å²) in [6.07, 6.45) is 3.01. The molecule has 1 saturated heterocycles. The first-order chi connectivity index (χ1) is 12.5. The molecular weight excluding hydrogens is 332 g/mol. The van der Waals surface area contributed by atoms with E-state index in [2.05, 4.69) is 6.92 Å². The standard InChI is InChI=1S/C20H26N2O4/c1-14(16-5-6-16)22(13-15-3-7-17(26-2)8-4-15)20(25)11-12-21-18(23)9-10-19(21)24/h3-4,7-8,14,16H,5-6,9-13H2,1-2H3. The average molecular weight is 358 g/mol. The number of nitrogens with zero attached hydrogens (tertiary/aromatic N) is 2. The number of likely N-dealkylation sites (tertiary alicyclic amines) is 1. The maximum absolute atomic E-state index is 12.9. The number of methoxy groups -OCH3 is 1. The van der Waals surface area contributed by atoms with Crippen molar-refractivity contribution in [3.8, 4) is 5.75 Å². The molecule has 0 radical (unpaired) electrons. The lowest BCUT2D eigenvalue weighted by atomic mass is 10.1. The van der Waals surface area contributed by atoms with Crippen molar-refractivity contribution in [3.05, 3.63) is 29.8 Å². The van der Waals surface area contributed by atoms with E-state index >= 15 is 0 Å². The van der Waals surface area contributed by atoms with Crippen molar-refractivity contribution in [2.75, 3.05) is 13.7 Å². The monoisotopic (exact) mass is 358 g/mol. The van der Waals surface area contributed by atoms with Gasteiger partial charge in [-0.2, -0.15) is 0 Å². The minimum atomic E-state index is -0.167. The predicted octanol–water partition coefficient (Wildman–Crippen LogP) is 2.36. The van der Waals surface area contributed by atoms with Gasteiger partial charge >= 0.3 is 0 Å². The molecule has 0 bridgehead atoms. The second-order valence-electron chi connectivity index (χ2n) is 7.14. The summed E-state index contributed by atoms with van der Waals surface area (Å²) in [7, 11) is 1.63. The van der Waals surface area contributed by atoms with Crippen LogP contribution in [0.3, 0.4) is 0 Å². The lowest BCUT2D eigenvalue weighted by Gasteiger charge is -2.30. The molecule has 1 aromatic rings. The van der Waals surface area contributed by atoms with Gasteiger partial charge in [0, 0.05) is 38.4 Å². The third-order valence-electron chi connectivity index (χ3n) is 5.33. The summed E-state index contributed by atoms with van der Waals surface area (Å²) in [5.41, 5.74) is 1.04. The smallest absolute Gasteiger partial charge is 0.229 e. The van der Waals surface area contributed by atoms with Gasteiger partial charge in [0.1, 0.15) is 5.75 Å². The summed E-state index contributed by atoms with van der Waals surface area (Å²) >= 11 is 0. The molecule has 6 heteroatoms. The quantitative estimate of drug-likeness (QED) is 0.669. The van der Waals surface area contributed by atoms with Crippen LogP contribution in [0.5, 0.6) is 5.75 Å². The third-order valence-corrected chi connectivity index (χ3v) is 5.33. The van der Waals surface area contributed by atoms with Gasteiger partial charge in [0.25, 0.3) is 0 Å². The zero-order valence-corrected chi connectivity index (χ0v) is 15.4. The van der Waals surface area contributed by atoms with Gasteiger partial charge in [0.05, 0.1) is 7.11 Å². The van der Waals surface area contributed by atoms with E-state index in [1.807, 2.05) is 29.2 Å². The molecule has 0 aromatic heterocycles. The number of amides is 3. The van der Waals surface area contributed by atoms with Gasteiger partial charge in [-0.05, 0) is 43.4 Å². The number of carbonyl (C=O) groups excluding carboxylic acids is 3. The van der Waals surface area contributed by atoms with E-state index in [1.165, 1.54) is 4.90 Å². The van der Waals surface area contributed by atoms with Gasteiger partial charge in [-0.3, -0.25) is 19.3 Å². The highest BCUT2D eigenvalue weighted by Gasteiger charge is 2.35. The number of rotatable bonds is 8. The number of hydrogen-bond acceptors (Lipinski definition) is 4. The Labute approximate surface area is 154 Å². The second kappa shape index (κ2) is 7.89. The van der Waals surface area contributed by atoms with Crippen molar-refractivity contribution < 1.29 is 19.1 Å². The minimum absolute atomic E-state index is 0.00674. The molecule has 1 heterocycles. The first kappa shape index (κ1) is 18.4. The van der Waals surface area contributed by atoms with Crippen molar-refractivity contribution in [3.63, 3.8) is 0 Å². The van der Waals surface area contributed by atoms with E-state index in [1.54, 1.807) is 7.11 Å². The zero-order chi connectivity index (χ0) is 18.7. The Balaban J connectivity index is 1.65. The fourth-order valence-electron chi connectivity index (χ4n) is 3.44. The summed E-state index contributed by atoms with van der Waals surface area (Å²) < 4.78 is 5.18. The molecule has 3 amide bonds. The van der Waals surface area contributed by atoms with Crippen LogP contribution < -0.4 is 4.74 Å². The maximum Gasteiger partial charge on any atom is 0.229 e. The Morgan fingerprint density at radius 3 is 2.35 bits per heavy atom. The van der Waals surface area contributed by atoms with E-state index in [9.17, 15) is 14.4 Å². The van der Waals surface area contributed by atoms with E-state index in [4.69, 9.17) is 4.74 Å². The Hall–Kier alpha value is -2.37. The first-order valence-corrected chi connectivity index (χ1v) is 9.25. The van der Waals surface area contributed by atoms with Crippen LogP contribution in [0.25, 0.3) is 0 Å². The number of benzene rings is 1. The molecule has 3 rings (SSSR count). The van der Waals surface area contributed by atoms with E-state index in [0.29, 0.717) is 12.5 Å². The number of ether oxygens (including phenoxy) is 1. The van der Waals surface area contributed by atoms with E-state index in [0.717, 1.165) is 24.2 Å². The second-order valence-corrected chi connectivity index (χ2v) is 7.14. The SMILES string of the molecule is COc1ccc(CN(C(=O)CCN2C(=O)CCC2=O)C(C)C2CC2)cc1. The number of carbonyl (C=O) groups is 3. The van der Waals surface area contributed by atoms with E-state index < -0.39 is 0 Å². The summed E-state index contributed by atoms with van der Waals surface area (Å²) in [5, 5.41) is 0. The summed E-state index contributed by atoms with van der Waals surface area (Å²) in [5.74, 6) is 0.993. The molecule has 1 aromatic carbocycles. The fourth-order valence-corrected chi connectivity index (χ4v) is 3.44. The van der Waals surface area contributed by atoms with Gasteiger partial charge < -0.3 is 9.64 Å². The predicted molar refractivity (Wildman–Crippen MR) is 96.3 cm³/mol.